The molecule has 3 rings (SSSR count). The van der Waals surface area contributed by atoms with Crippen molar-refractivity contribution in [2.75, 3.05) is 5.32 Å². The van der Waals surface area contributed by atoms with E-state index in [1.54, 1.807) is 12.3 Å². The van der Waals surface area contributed by atoms with E-state index in [1.165, 1.54) is 11.1 Å². The van der Waals surface area contributed by atoms with E-state index in [0.29, 0.717) is 24.7 Å². The number of benzene rings is 2. The molecular formula is C21H22N4O. The minimum Gasteiger partial charge on any atom is -0.350 e. The van der Waals surface area contributed by atoms with Crippen molar-refractivity contribution >= 4 is 11.9 Å². The number of rotatable bonds is 6. The highest BCUT2D eigenvalue weighted by atomic mass is 16.1. The Kier molecular flexibility index (Phi) is 5.59. The summed E-state index contributed by atoms with van der Waals surface area (Å²) in [4.78, 5) is 20.8. The molecule has 0 saturated heterocycles. The van der Waals surface area contributed by atoms with E-state index in [-0.39, 0.29) is 5.91 Å². The number of anilines is 1. The maximum absolute atomic E-state index is 12.3. The normalized spacial score (nSPS) is 10.4. The Labute approximate surface area is 153 Å². The van der Waals surface area contributed by atoms with Crippen LogP contribution in [0.5, 0.6) is 0 Å². The minimum atomic E-state index is -0.215. The molecule has 1 amide bonds. The molecule has 0 spiro atoms. The molecule has 26 heavy (non-hydrogen) atoms. The van der Waals surface area contributed by atoms with Gasteiger partial charge in [-0.15, -0.1) is 0 Å². The van der Waals surface area contributed by atoms with Crippen LogP contribution in [0.2, 0.25) is 0 Å². The molecule has 1 aromatic heterocycles. The molecular weight excluding hydrogens is 324 g/mol. The average Bonchev–Trinajstić information content (AvgIpc) is 2.65. The first-order chi connectivity index (χ1) is 12.6. The van der Waals surface area contributed by atoms with Crippen molar-refractivity contribution in [2.45, 2.75) is 26.9 Å². The van der Waals surface area contributed by atoms with E-state index >= 15 is 0 Å². The van der Waals surface area contributed by atoms with E-state index in [0.717, 1.165) is 11.1 Å². The first-order valence-corrected chi connectivity index (χ1v) is 8.56. The molecule has 1 heterocycles. The molecule has 0 atom stereocenters. The number of nitrogens with one attached hydrogen (secondary N) is 2. The highest BCUT2D eigenvalue weighted by molar-refractivity contribution is 5.92. The molecule has 0 aliphatic rings. The van der Waals surface area contributed by atoms with Gasteiger partial charge in [-0.05, 0) is 31.0 Å². The number of hydrogen-bond acceptors (Lipinski definition) is 4. The van der Waals surface area contributed by atoms with Gasteiger partial charge in [0.2, 0.25) is 5.95 Å². The third-order valence-electron chi connectivity index (χ3n) is 3.96. The predicted octanol–water partition coefficient (Wildman–Crippen LogP) is 3.64. The van der Waals surface area contributed by atoms with E-state index in [1.807, 2.05) is 37.3 Å². The molecule has 0 aliphatic carbocycles. The summed E-state index contributed by atoms with van der Waals surface area (Å²) in [7, 11) is 0. The first-order valence-electron chi connectivity index (χ1n) is 8.56. The highest BCUT2D eigenvalue weighted by Gasteiger charge is 2.08. The van der Waals surface area contributed by atoms with Gasteiger partial charge >= 0.3 is 0 Å². The van der Waals surface area contributed by atoms with Gasteiger partial charge in [0.1, 0.15) is 5.69 Å². The second-order valence-electron chi connectivity index (χ2n) is 6.28. The van der Waals surface area contributed by atoms with Crippen molar-refractivity contribution in [1.29, 1.82) is 0 Å². The van der Waals surface area contributed by atoms with Gasteiger partial charge in [0, 0.05) is 19.3 Å². The zero-order valence-corrected chi connectivity index (χ0v) is 15.0. The summed E-state index contributed by atoms with van der Waals surface area (Å²) in [5.74, 6) is 0.224. The summed E-state index contributed by atoms with van der Waals surface area (Å²) in [6, 6.07) is 17.9. The zero-order valence-electron chi connectivity index (χ0n) is 15.0. The summed E-state index contributed by atoms with van der Waals surface area (Å²) >= 11 is 0. The molecule has 2 aromatic carbocycles. The topological polar surface area (TPSA) is 66.9 Å². The predicted molar refractivity (Wildman–Crippen MR) is 103 cm³/mol. The molecule has 5 heteroatoms. The van der Waals surface area contributed by atoms with Gasteiger partial charge < -0.3 is 10.6 Å². The summed E-state index contributed by atoms with van der Waals surface area (Å²) in [5.41, 5.74) is 4.92. The molecule has 0 fully saturated rings. The zero-order chi connectivity index (χ0) is 18.4. The Morgan fingerprint density at radius 1 is 0.923 bits per heavy atom. The summed E-state index contributed by atoms with van der Waals surface area (Å²) in [6.07, 6.45) is 1.59. The molecule has 0 unspecified atom stereocenters. The van der Waals surface area contributed by atoms with E-state index < -0.39 is 0 Å². The maximum atomic E-state index is 12.3. The lowest BCUT2D eigenvalue weighted by Gasteiger charge is -2.08. The van der Waals surface area contributed by atoms with Gasteiger partial charge in [0.05, 0.1) is 0 Å². The number of nitrogens with zero attached hydrogens (tertiary/aromatic N) is 2. The Balaban J connectivity index is 1.60. The van der Waals surface area contributed by atoms with Crippen molar-refractivity contribution in [3.8, 4) is 0 Å². The fourth-order valence-corrected chi connectivity index (χ4v) is 2.67. The molecule has 5 nitrogen and oxygen atoms in total. The lowest BCUT2D eigenvalue weighted by molar-refractivity contribution is 0.0946. The van der Waals surface area contributed by atoms with Crippen LogP contribution < -0.4 is 10.6 Å². The van der Waals surface area contributed by atoms with Crippen LogP contribution in [0.4, 0.5) is 5.95 Å². The first kappa shape index (κ1) is 17.6. The van der Waals surface area contributed by atoms with Crippen LogP contribution >= 0.6 is 0 Å². The van der Waals surface area contributed by atoms with Crippen LogP contribution in [-0.2, 0) is 13.1 Å². The largest absolute Gasteiger partial charge is 0.350 e. The monoisotopic (exact) mass is 346 g/mol. The summed E-state index contributed by atoms with van der Waals surface area (Å²) < 4.78 is 0. The third-order valence-corrected chi connectivity index (χ3v) is 3.96. The van der Waals surface area contributed by atoms with Crippen LogP contribution in [0.1, 0.15) is 32.7 Å². The Morgan fingerprint density at radius 3 is 2.23 bits per heavy atom. The molecule has 3 aromatic rings. The molecule has 132 valence electrons. The van der Waals surface area contributed by atoms with E-state index in [4.69, 9.17) is 0 Å². The van der Waals surface area contributed by atoms with Crippen molar-refractivity contribution in [1.82, 2.24) is 15.3 Å². The van der Waals surface area contributed by atoms with Crippen molar-refractivity contribution in [2.24, 2.45) is 0 Å². The fraction of sp³-hybridized carbons (Fsp3) is 0.190. The molecule has 0 aliphatic heterocycles. The van der Waals surface area contributed by atoms with Gasteiger partial charge in [0.25, 0.3) is 5.91 Å². The number of aromatic nitrogens is 2. The second-order valence-corrected chi connectivity index (χ2v) is 6.28. The van der Waals surface area contributed by atoms with Crippen LogP contribution in [0.15, 0.2) is 60.8 Å². The number of aryl methyl sites for hydroxylation is 2. The van der Waals surface area contributed by atoms with Crippen molar-refractivity contribution in [3.63, 3.8) is 0 Å². The summed E-state index contributed by atoms with van der Waals surface area (Å²) in [6.45, 7) is 5.16. The minimum absolute atomic E-state index is 0.215. The maximum Gasteiger partial charge on any atom is 0.270 e. The molecule has 0 bridgehead atoms. The Morgan fingerprint density at radius 2 is 1.58 bits per heavy atom. The smallest absolute Gasteiger partial charge is 0.270 e. The number of amides is 1. The van der Waals surface area contributed by atoms with E-state index in [9.17, 15) is 4.79 Å². The lowest BCUT2D eigenvalue weighted by atomic mass is 10.1. The standard InChI is InChI=1S/C21H22N4O/c1-15-5-3-7-17(11-15)13-23-20(26)19-9-10-22-21(25-19)24-14-18-8-4-6-16(2)12-18/h3-12H,13-14H2,1-2H3,(H,23,26)(H,22,24,25). The van der Waals surface area contributed by atoms with Crippen LogP contribution in [0, 0.1) is 13.8 Å². The molecule has 0 radical (unpaired) electrons. The van der Waals surface area contributed by atoms with Crippen LogP contribution in [0.3, 0.4) is 0 Å². The quantitative estimate of drug-likeness (QED) is 0.715. The van der Waals surface area contributed by atoms with Gasteiger partial charge in [-0.3, -0.25) is 4.79 Å². The van der Waals surface area contributed by atoms with Crippen LogP contribution in [-0.4, -0.2) is 15.9 Å². The average molecular weight is 346 g/mol. The molecule has 0 saturated carbocycles. The number of carbonyl (C=O) groups excluding carboxylic acids is 1. The van der Waals surface area contributed by atoms with Gasteiger partial charge in [-0.25, -0.2) is 9.97 Å². The Hall–Kier alpha value is -3.21. The van der Waals surface area contributed by atoms with Gasteiger partial charge in [0.15, 0.2) is 0 Å². The Bertz CT molecular complexity index is 908. The van der Waals surface area contributed by atoms with Crippen molar-refractivity contribution in [3.05, 3.63) is 88.7 Å². The van der Waals surface area contributed by atoms with E-state index in [2.05, 4.69) is 45.7 Å². The second kappa shape index (κ2) is 8.25. The van der Waals surface area contributed by atoms with Gasteiger partial charge in [-0.1, -0.05) is 59.7 Å². The third kappa shape index (κ3) is 4.89. The highest BCUT2D eigenvalue weighted by Crippen LogP contribution is 2.08. The lowest BCUT2D eigenvalue weighted by Crippen LogP contribution is -2.24. The number of hydrogen-bond donors (Lipinski definition) is 2. The SMILES string of the molecule is Cc1cccc(CNC(=O)c2ccnc(NCc3cccc(C)c3)n2)c1. The molecule has 2 N–H and O–H groups in total. The summed E-state index contributed by atoms with van der Waals surface area (Å²) in [5, 5.41) is 6.06. The van der Waals surface area contributed by atoms with Gasteiger partial charge in [-0.2, -0.15) is 0 Å². The number of carbonyl (C=O) groups is 1. The van der Waals surface area contributed by atoms with Crippen molar-refractivity contribution < 1.29 is 4.79 Å². The fourth-order valence-electron chi connectivity index (χ4n) is 2.67. The van der Waals surface area contributed by atoms with Crippen LogP contribution in [0.25, 0.3) is 0 Å².